The zero-order chi connectivity index (χ0) is 15.2. The number of nitrogens with zero attached hydrogens (tertiary/aromatic N) is 1. The molecule has 3 rings (SSSR count). The lowest BCUT2D eigenvalue weighted by Gasteiger charge is -2.04. The summed E-state index contributed by atoms with van der Waals surface area (Å²) in [6.07, 6.45) is 1.42. The average molecular weight is 326 g/mol. The summed E-state index contributed by atoms with van der Waals surface area (Å²) in [5, 5.41) is 4.82. The topological polar surface area (TPSA) is 88.0 Å². The van der Waals surface area contributed by atoms with Gasteiger partial charge < -0.3 is 9.51 Å². The summed E-state index contributed by atoms with van der Waals surface area (Å²) in [4.78, 5) is 3.02. The number of sulfonamides is 1. The average Bonchev–Trinajstić information content (AvgIpc) is 2.97. The third-order valence-corrected chi connectivity index (χ3v) is 4.89. The Morgan fingerprint density at radius 3 is 2.76 bits per heavy atom. The summed E-state index contributed by atoms with van der Waals surface area (Å²) in [5.74, 6) is 0.121. The van der Waals surface area contributed by atoms with E-state index in [-0.39, 0.29) is 10.8 Å². The van der Waals surface area contributed by atoms with Crippen LogP contribution in [-0.4, -0.2) is 18.6 Å². The monoisotopic (exact) mass is 325 g/mol. The van der Waals surface area contributed by atoms with Gasteiger partial charge in [0.05, 0.1) is 5.69 Å². The maximum absolute atomic E-state index is 12.5. The number of benzene rings is 1. The van der Waals surface area contributed by atoms with E-state index in [0.29, 0.717) is 27.2 Å². The molecule has 1 aromatic carbocycles. The first-order chi connectivity index (χ1) is 9.88. The number of halogens is 1. The van der Waals surface area contributed by atoms with Crippen molar-refractivity contribution in [2.75, 3.05) is 4.72 Å². The third-order valence-electron chi connectivity index (χ3n) is 3.28. The first-order valence-corrected chi connectivity index (χ1v) is 7.97. The Kier molecular flexibility index (Phi) is 3.18. The van der Waals surface area contributed by atoms with Crippen LogP contribution in [-0.2, 0) is 10.0 Å². The van der Waals surface area contributed by atoms with Gasteiger partial charge >= 0.3 is 0 Å². The number of hydrogen-bond acceptors (Lipinski definition) is 4. The first kappa shape index (κ1) is 14.0. The van der Waals surface area contributed by atoms with Crippen LogP contribution in [0.3, 0.4) is 0 Å². The van der Waals surface area contributed by atoms with Crippen molar-refractivity contribution in [3.05, 3.63) is 40.7 Å². The number of nitrogens with one attached hydrogen (secondary N) is 2. The minimum absolute atomic E-state index is 0.121. The van der Waals surface area contributed by atoms with Gasteiger partial charge in [-0.25, -0.2) is 13.1 Å². The molecule has 0 saturated heterocycles. The molecule has 0 aliphatic carbocycles. The quantitative estimate of drug-likeness (QED) is 0.773. The minimum Gasteiger partial charge on any atom is -0.360 e. The van der Waals surface area contributed by atoms with Crippen molar-refractivity contribution in [2.24, 2.45) is 0 Å². The molecule has 0 saturated carbocycles. The maximum Gasteiger partial charge on any atom is 0.266 e. The fourth-order valence-corrected chi connectivity index (χ4v) is 3.38. The molecule has 0 radical (unpaired) electrons. The predicted octanol–water partition coefficient (Wildman–Crippen LogP) is 3.23. The number of H-pyrrole nitrogens is 1. The van der Waals surface area contributed by atoms with E-state index in [9.17, 15) is 8.42 Å². The van der Waals surface area contributed by atoms with Gasteiger partial charge in [0.25, 0.3) is 10.0 Å². The number of hydrogen-bond donors (Lipinski definition) is 2. The van der Waals surface area contributed by atoms with Crippen LogP contribution >= 0.6 is 11.6 Å². The molecule has 6 nitrogen and oxygen atoms in total. The van der Waals surface area contributed by atoms with Crippen LogP contribution in [0.25, 0.3) is 10.9 Å². The number of fused-ring (bicyclic) bond motifs is 1. The Morgan fingerprint density at radius 2 is 2.10 bits per heavy atom. The van der Waals surface area contributed by atoms with Crippen molar-refractivity contribution in [3.8, 4) is 0 Å². The van der Waals surface area contributed by atoms with Crippen LogP contribution < -0.4 is 4.72 Å². The highest BCUT2D eigenvalue weighted by molar-refractivity contribution is 7.93. The molecular formula is C13H12ClN3O3S. The second kappa shape index (κ2) is 4.78. The second-order valence-corrected chi connectivity index (χ2v) is 6.76. The second-order valence-electron chi connectivity index (χ2n) is 4.67. The van der Waals surface area contributed by atoms with Crippen LogP contribution in [0.4, 0.5) is 5.88 Å². The number of aryl methyl sites for hydroxylation is 1. The molecule has 0 spiro atoms. The van der Waals surface area contributed by atoms with E-state index < -0.39 is 10.0 Å². The molecule has 2 N–H and O–H groups in total. The van der Waals surface area contributed by atoms with Crippen molar-refractivity contribution in [1.82, 2.24) is 10.1 Å². The van der Waals surface area contributed by atoms with Crippen molar-refractivity contribution >= 4 is 38.4 Å². The number of rotatable bonds is 3. The molecule has 0 unspecified atom stereocenters. The smallest absolute Gasteiger partial charge is 0.266 e. The van der Waals surface area contributed by atoms with E-state index in [2.05, 4.69) is 14.9 Å². The summed E-state index contributed by atoms with van der Waals surface area (Å²) in [6.45, 7) is 3.48. The SMILES string of the molecule is Cc1noc(NS(=O)(=O)c2c[nH]c3cc(Cl)ccc23)c1C. The largest absolute Gasteiger partial charge is 0.360 e. The van der Waals surface area contributed by atoms with Gasteiger partial charge in [0.1, 0.15) is 4.90 Å². The van der Waals surface area contributed by atoms with Crippen LogP contribution in [0, 0.1) is 13.8 Å². The van der Waals surface area contributed by atoms with E-state index in [0.717, 1.165) is 0 Å². The van der Waals surface area contributed by atoms with E-state index in [1.165, 1.54) is 6.20 Å². The van der Waals surface area contributed by atoms with Crippen LogP contribution in [0.2, 0.25) is 5.02 Å². The number of anilines is 1. The highest BCUT2D eigenvalue weighted by atomic mass is 35.5. The highest BCUT2D eigenvalue weighted by Crippen LogP contribution is 2.28. The molecule has 0 atom stereocenters. The minimum atomic E-state index is -3.78. The molecule has 0 fully saturated rings. The molecule has 21 heavy (non-hydrogen) atoms. The fraction of sp³-hybridized carbons (Fsp3) is 0.154. The first-order valence-electron chi connectivity index (χ1n) is 6.11. The van der Waals surface area contributed by atoms with Crippen LogP contribution in [0.15, 0.2) is 33.8 Å². The molecule has 8 heteroatoms. The van der Waals surface area contributed by atoms with Gasteiger partial charge in [-0.05, 0) is 32.0 Å². The molecule has 0 amide bonds. The van der Waals surface area contributed by atoms with E-state index >= 15 is 0 Å². The highest BCUT2D eigenvalue weighted by Gasteiger charge is 2.22. The zero-order valence-electron chi connectivity index (χ0n) is 11.3. The number of aromatic nitrogens is 2. The van der Waals surface area contributed by atoms with E-state index in [1.54, 1.807) is 32.0 Å². The van der Waals surface area contributed by atoms with Crippen LogP contribution in [0.1, 0.15) is 11.3 Å². The molecule has 2 heterocycles. The van der Waals surface area contributed by atoms with Gasteiger partial charge in [-0.2, -0.15) is 0 Å². The Hall–Kier alpha value is -1.99. The van der Waals surface area contributed by atoms with Crippen molar-refractivity contribution < 1.29 is 12.9 Å². The van der Waals surface area contributed by atoms with Gasteiger partial charge in [0.2, 0.25) is 5.88 Å². The zero-order valence-corrected chi connectivity index (χ0v) is 12.8. The van der Waals surface area contributed by atoms with Gasteiger partial charge in [0.15, 0.2) is 0 Å². The molecule has 110 valence electrons. The summed E-state index contributed by atoms with van der Waals surface area (Å²) in [7, 11) is -3.78. The van der Waals surface area contributed by atoms with E-state index in [4.69, 9.17) is 16.1 Å². The summed E-state index contributed by atoms with van der Waals surface area (Å²) in [5.41, 5.74) is 1.94. The normalized spacial score (nSPS) is 12.0. The van der Waals surface area contributed by atoms with E-state index in [1.807, 2.05) is 0 Å². The Balaban J connectivity index is 2.06. The lowest BCUT2D eigenvalue weighted by molar-refractivity contribution is 0.430. The molecule has 0 aliphatic rings. The van der Waals surface area contributed by atoms with Gasteiger partial charge in [-0.3, -0.25) is 0 Å². The predicted molar refractivity (Wildman–Crippen MR) is 80.1 cm³/mol. The standard InChI is InChI=1S/C13H12ClN3O3S/c1-7-8(2)16-20-13(7)17-21(18,19)12-6-15-11-5-9(14)3-4-10(11)12/h3-6,15,17H,1-2H3. The van der Waals surface area contributed by atoms with Crippen molar-refractivity contribution in [3.63, 3.8) is 0 Å². The summed E-state index contributed by atoms with van der Waals surface area (Å²) < 4.78 is 32.3. The van der Waals surface area contributed by atoms with Gasteiger partial charge in [-0.15, -0.1) is 0 Å². The lowest BCUT2D eigenvalue weighted by atomic mass is 10.2. The molecule has 0 aliphatic heterocycles. The van der Waals surface area contributed by atoms with Crippen molar-refractivity contribution in [2.45, 2.75) is 18.7 Å². The van der Waals surface area contributed by atoms with Gasteiger partial charge in [-0.1, -0.05) is 16.8 Å². The van der Waals surface area contributed by atoms with Crippen molar-refractivity contribution in [1.29, 1.82) is 0 Å². The maximum atomic E-state index is 12.5. The Labute approximate surface area is 126 Å². The molecule has 0 bridgehead atoms. The number of aromatic amines is 1. The molecule has 3 aromatic rings. The summed E-state index contributed by atoms with van der Waals surface area (Å²) in [6, 6.07) is 4.96. The summed E-state index contributed by atoms with van der Waals surface area (Å²) >= 11 is 5.89. The lowest BCUT2D eigenvalue weighted by Crippen LogP contribution is -2.12. The molecule has 2 aromatic heterocycles. The Bertz CT molecular complexity index is 927. The Morgan fingerprint density at radius 1 is 1.33 bits per heavy atom. The van der Waals surface area contributed by atoms with Crippen LogP contribution in [0.5, 0.6) is 0 Å². The van der Waals surface area contributed by atoms with Gasteiger partial charge in [0, 0.05) is 27.7 Å². The third kappa shape index (κ3) is 2.38. The fourth-order valence-electron chi connectivity index (χ4n) is 1.98. The molecular weight excluding hydrogens is 314 g/mol.